The lowest BCUT2D eigenvalue weighted by molar-refractivity contribution is -0.445. The van der Waals surface area contributed by atoms with E-state index in [1.807, 2.05) is 5.43 Å². The Balaban J connectivity index is 2.07. The van der Waals surface area contributed by atoms with Crippen molar-refractivity contribution >= 4 is 22.5 Å². The molecule has 12 heteroatoms. The van der Waals surface area contributed by atoms with Crippen LogP contribution >= 0.6 is 0 Å². The average Bonchev–Trinajstić information content (AvgIpc) is 3.02. The van der Waals surface area contributed by atoms with E-state index in [0.29, 0.717) is 11.0 Å². The first-order valence-corrected chi connectivity index (χ1v) is 5.43. The van der Waals surface area contributed by atoms with E-state index < -0.39 is 9.96 Å². The SMILES string of the molecule is O=[N+]([O-])Nc1nonc1-c1nc2ccc([N+](=O)[O-])cc2[nH]1. The van der Waals surface area contributed by atoms with Gasteiger partial charge in [0.25, 0.3) is 11.5 Å². The van der Waals surface area contributed by atoms with Crippen molar-refractivity contribution in [1.82, 2.24) is 20.3 Å². The zero-order chi connectivity index (χ0) is 15.0. The van der Waals surface area contributed by atoms with Gasteiger partial charge in [0.2, 0.25) is 0 Å². The fourth-order valence-corrected chi connectivity index (χ4v) is 1.73. The summed E-state index contributed by atoms with van der Waals surface area (Å²) in [5, 5.41) is 27.2. The van der Waals surface area contributed by atoms with Crippen LogP contribution in [0, 0.1) is 20.2 Å². The maximum Gasteiger partial charge on any atom is 0.271 e. The van der Waals surface area contributed by atoms with E-state index in [1.165, 1.54) is 18.2 Å². The molecule has 2 aromatic heterocycles. The molecule has 21 heavy (non-hydrogen) atoms. The van der Waals surface area contributed by atoms with Gasteiger partial charge in [-0.2, -0.15) is 0 Å². The Morgan fingerprint density at radius 1 is 1.24 bits per heavy atom. The topological polar surface area (TPSA) is 166 Å². The van der Waals surface area contributed by atoms with Gasteiger partial charge < -0.3 is 4.98 Å². The first kappa shape index (κ1) is 12.5. The van der Waals surface area contributed by atoms with Gasteiger partial charge in [0.15, 0.2) is 16.6 Å². The molecule has 2 N–H and O–H groups in total. The largest absolute Gasteiger partial charge is 0.336 e. The number of hydrogen-bond donors (Lipinski definition) is 2. The quantitative estimate of drug-likeness (QED) is 0.528. The molecule has 0 aliphatic rings. The van der Waals surface area contributed by atoms with Crippen LogP contribution < -0.4 is 5.43 Å². The van der Waals surface area contributed by atoms with Crippen LogP contribution in [0.1, 0.15) is 0 Å². The molecular formula is C9H5N7O5. The second kappa shape index (κ2) is 4.52. The summed E-state index contributed by atoms with van der Waals surface area (Å²) in [5.41, 5.74) is 2.51. The van der Waals surface area contributed by atoms with Crippen molar-refractivity contribution in [1.29, 1.82) is 0 Å². The molecule has 0 aliphatic carbocycles. The molecule has 3 aromatic rings. The van der Waals surface area contributed by atoms with Crippen molar-refractivity contribution in [3.05, 3.63) is 38.4 Å². The molecule has 2 heterocycles. The van der Waals surface area contributed by atoms with Gasteiger partial charge in [0.05, 0.1) is 16.0 Å². The lowest BCUT2D eigenvalue weighted by Crippen LogP contribution is -2.09. The minimum atomic E-state index is -0.823. The van der Waals surface area contributed by atoms with Gasteiger partial charge >= 0.3 is 0 Å². The molecule has 0 bridgehead atoms. The zero-order valence-corrected chi connectivity index (χ0v) is 10.0. The Hall–Kier alpha value is -3.57. The molecule has 0 radical (unpaired) electrons. The highest BCUT2D eigenvalue weighted by Crippen LogP contribution is 2.26. The smallest absolute Gasteiger partial charge is 0.271 e. The Bertz CT molecular complexity index is 853. The molecule has 0 atom stereocenters. The second-order valence-corrected chi connectivity index (χ2v) is 3.87. The van der Waals surface area contributed by atoms with E-state index in [-0.39, 0.29) is 23.0 Å². The average molecular weight is 291 g/mol. The predicted octanol–water partition coefficient (Wildman–Crippen LogP) is 1.12. The summed E-state index contributed by atoms with van der Waals surface area (Å²) in [4.78, 5) is 27.5. The summed E-state index contributed by atoms with van der Waals surface area (Å²) >= 11 is 0. The van der Waals surface area contributed by atoms with Crippen molar-refractivity contribution in [2.24, 2.45) is 0 Å². The summed E-state index contributed by atoms with van der Waals surface area (Å²) in [7, 11) is 0. The van der Waals surface area contributed by atoms with Crippen LogP contribution in [0.2, 0.25) is 0 Å². The highest BCUT2D eigenvalue weighted by Gasteiger charge is 2.20. The van der Waals surface area contributed by atoms with Gasteiger partial charge in [-0.15, -0.1) is 0 Å². The molecule has 0 amide bonds. The molecular weight excluding hydrogens is 286 g/mol. The number of imidazole rings is 1. The maximum absolute atomic E-state index is 10.7. The third-order valence-corrected chi connectivity index (χ3v) is 2.59. The summed E-state index contributed by atoms with van der Waals surface area (Å²) in [6.45, 7) is 0. The van der Waals surface area contributed by atoms with Gasteiger partial charge in [-0.3, -0.25) is 10.1 Å². The van der Waals surface area contributed by atoms with Crippen LogP contribution in [0.5, 0.6) is 0 Å². The van der Waals surface area contributed by atoms with Gasteiger partial charge in [-0.25, -0.2) is 19.7 Å². The number of nitro groups is 2. The first-order chi connectivity index (χ1) is 10.0. The van der Waals surface area contributed by atoms with E-state index in [4.69, 9.17) is 0 Å². The predicted molar refractivity (Wildman–Crippen MR) is 66.7 cm³/mol. The van der Waals surface area contributed by atoms with Gasteiger partial charge in [0, 0.05) is 12.1 Å². The number of benzene rings is 1. The number of fused-ring (bicyclic) bond motifs is 1. The van der Waals surface area contributed by atoms with Crippen LogP contribution in [0.15, 0.2) is 22.8 Å². The number of hydrogen-bond acceptors (Lipinski definition) is 8. The van der Waals surface area contributed by atoms with Crippen molar-refractivity contribution in [3.8, 4) is 11.5 Å². The lowest BCUT2D eigenvalue weighted by atomic mass is 10.3. The number of nitrogens with one attached hydrogen (secondary N) is 2. The maximum atomic E-state index is 10.7. The fourth-order valence-electron chi connectivity index (χ4n) is 1.73. The Kier molecular flexibility index (Phi) is 2.68. The number of rotatable bonds is 4. The molecule has 12 nitrogen and oxygen atoms in total. The summed E-state index contributed by atoms with van der Waals surface area (Å²) in [5.74, 6) is -0.0929. The number of anilines is 1. The molecule has 3 rings (SSSR count). The molecule has 106 valence electrons. The van der Waals surface area contributed by atoms with Crippen LogP contribution in [0.3, 0.4) is 0 Å². The minimum Gasteiger partial charge on any atom is -0.336 e. The van der Waals surface area contributed by atoms with E-state index in [0.717, 1.165) is 0 Å². The summed E-state index contributed by atoms with van der Waals surface area (Å²) in [6, 6.07) is 4.03. The van der Waals surface area contributed by atoms with Gasteiger partial charge in [-0.05, 0) is 16.4 Å². The van der Waals surface area contributed by atoms with Crippen LogP contribution in [0.25, 0.3) is 22.6 Å². The van der Waals surface area contributed by atoms with E-state index >= 15 is 0 Å². The van der Waals surface area contributed by atoms with Crippen molar-refractivity contribution in [2.45, 2.75) is 0 Å². The summed E-state index contributed by atoms with van der Waals surface area (Å²) < 4.78 is 4.42. The number of hydrazine groups is 1. The molecule has 0 saturated heterocycles. The van der Waals surface area contributed by atoms with Crippen LogP contribution in [0.4, 0.5) is 11.5 Å². The van der Waals surface area contributed by atoms with E-state index in [2.05, 4.69) is 24.9 Å². The molecule has 0 saturated carbocycles. The lowest BCUT2D eigenvalue weighted by Gasteiger charge is -1.91. The highest BCUT2D eigenvalue weighted by molar-refractivity contribution is 5.82. The van der Waals surface area contributed by atoms with Crippen molar-refractivity contribution in [3.63, 3.8) is 0 Å². The van der Waals surface area contributed by atoms with Crippen molar-refractivity contribution in [2.75, 3.05) is 5.43 Å². The molecule has 1 aromatic carbocycles. The van der Waals surface area contributed by atoms with Crippen LogP contribution in [-0.4, -0.2) is 30.2 Å². The second-order valence-electron chi connectivity index (χ2n) is 3.87. The molecule has 0 aliphatic heterocycles. The third kappa shape index (κ3) is 2.20. The first-order valence-electron chi connectivity index (χ1n) is 5.43. The van der Waals surface area contributed by atoms with E-state index in [9.17, 15) is 20.2 Å². The number of aromatic amines is 1. The van der Waals surface area contributed by atoms with E-state index in [1.54, 1.807) is 0 Å². The Morgan fingerprint density at radius 3 is 2.76 bits per heavy atom. The van der Waals surface area contributed by atoms with Crippen molar-refractivity contribution < 1.29 is 14.6 Å². The van der Waals surface area contributed by atoms with Crippen LogP contribution in [-0.2, 0) is 0 Å². The number of nitrogens with zero attached hydrogens (tertiary/aromatic N) is 5. The Morgan fingerprint density at radius 2 is 2.05 bits per heavy atom. The Labute approximate surface area is 114 Å². The number of aromatic nitrogens is 4. The highest BCUT2D eigenvalue weighted by atomic mass is 16.7. The zero-order valence-electron chi connectivity index (χ0n) is 10.0. The monoisotopic (exact) mass is 291 g/mol. The fraction of sp³-hybridized carbons (Fsp3) is 0. The van der Waals surface area contributed by atoms with Gasteiger partial charge in [-0.1, -0.05) is 5.43 Å². The molecule has 0 fully saturated rings. The number of H-pyrrole nitrogens is 1. The molecule has 0 unspecified atom stereocenters. The minimum absolute atomic E-state index is 0.00875. The molecule has 0 spiro atoms. The number of nitro benzene ring substituents is 1. The summed E-state index contributed by atoms with van der Waals surface area (Å²) in [6.07, 6.45) is 0. The normalized spacial score (nSPS) is 10.7. The standard InChI is InChI=1S/C9H5N7O5/c17-15(18)4-1-2-5-6(3-4)11-8(10-5)7-9(12-16(19)20)14-21-13-7/h1-3H,(H,10,11)(H,12,14). The third-order valence-electron chi connectivity index (χ3n) is 2.59. The van der Waals surface area contributed by atoms with Gasteiger partial charge in [0.1, 0.15) is 0 Å². The number of non-ortho nitro benzene ring substituents is 1.